The van der Waals surface area contributed by atoms with E-state index in [0.29, 0.717) is 25.0 Å². The third-order valence-corrected chi connectivity index (χ3v) is 8.49. The van der Waals surface area contributed by atoms with Crippen LogP contribution in [0.5, 0.6) is 0 Å². The largest absolute Gasteiger partial charge is 0.481 e. The topological polar surface area (TPSA) is 312 Å². The standard InChI is InChI=1S/C33H46FN7O13/c34-14-3-4-19-17-41(40-39-19)20-9-6-18(7-10-20)8-12-24(42)36-16-23-26(45)27(46)28(47)29(54-23)30(48)35-15-2-1-5-21(31(49)50)37-33(53)38-22(32(51)52)11-13-25(43)44/h6-7,9-10,17,21-23,26-29,45-47H,1-5,8,11-16H2,(H,35,48)(H,36,42)(H,43,44)(H,49,50)(H,51,52)(H2,37,38,53)/t21?,22-,23-,26-,27+,28+,29-/m0/s1. The van der Waals surface area contributed by atoms with Crippen LogP contribution >= 0.6 is 0 Å². The van der Waals surface area contributed by atoms with Crippen LogP contribution < -0.4 is 21.3 Å². The molecule has 298 valence electrons. The number of aliphatic hydroxyl groups excluding tert-OH is 3. The number of carbonyl (C=O) groups is 6. The monoisotopic (exact) mass is 767 g/mol. The number of carboxylic acids is 3. The molecule has 0 bridgehead atoms. The van der Waals surface area contributed by atoms with Gasteiger partial charge in [-0.05, 0) is 62.6 Å². The molecular weight excluding hydrogens is 721 g/mol. The van der Waals surface area contributed by atoms with Crippen molar-refractivity contribution in [1.29, 1.82) is 0 Å². The maximum absolute atomic E-state index is 12.8. The van der Waals surface area contributed by atoms with Gasteiger partial charge in [0, 0.05) is 25.9 Å². The number of ether oxygens (including phenoxy) is 1. The van der Waals surface area contributed by atoms with Crippen LogP contribution in [0.15, 0.2) is 30.5 Å². The molecule has 1 fully saturated rings. The molecular formula is C33H46FN7O13. The Bertz CT molecular complexity index is 1580. The number of rotatable bonds is 22. The molecule has 1 aromatic heterocycles. The number of hydrogen-bond donors (Lipinski definition) is 10. The molecule has 1 unspecified atom stereocenters. The highest BCUT2D eigenvalue weighted by atomic mass is 19.1. The molecule has 3 rings (SSSR count). The van der Waals surface area contributed by atoms with Crippen molar-refractivity contribution >= 4 is 35.8 Å². The van der Waals surface area contributed by atoms with E-state index < -0.39 is 97.9 Å². The molecule has 1 saturated heterocycles. The van der Waals surface area contributed by atoms with Crippen LogP contribution in [0.4, 0.5) is 9.18 Å². The van der Waals surface area contributed by atoms with Crippen molar-refractivity contribution in [1.82, 2.24) is 36.3 Å². The minimum absolute atomic E-state index is 0.0401. The van der Waals surface area contributed by atoms with Crippen LogP contribution in [-0.4, -0.2) is 144 Å². The summed E-state index contributed by atoms with van der Waals surface area (Å²) in [5, 5.41) is 75.8. The second kappa shape index (κ2) is 21.5. The number of benzene rings is 1. The van der Waals surface area contributed by atoms with Gasteiger partial charge >= 0.3 is 23.9 Å². The molecule has 1 aromatic carbocycles. The fourth-order valence-corrected chi connectivity index (χ4v) is 5.43. The lowest BCUT2D eigenvalue weighted by molar-refractivity contribution is -0.219. The van der Waals surface area contributed by atoms with Gasteiger partial charge in [-0.3, -0.25) is 18.8 Å². The van der Waals surface area contributed by atoms with Gasteiger partial charge in [-0.25, -0.2) is 19.1 Å². The Morgan fingerprint density at radius 3 is 2.11 bits per heavy atom. The molecule has 0 radical (unpaired) electrons. The van der Waals surface area contributed by atoms with E-state index in [9.17, 15) is 53.6 Å². The smallest absolute Gasteiger partial charge is 0.326 e. The van der Waals surface area contributed by atoms with Gasteiger partial charge in [0.1, 0.15) is 36.5 Å². The van der Waals surface area contributed by atoms with Gasteiger partial charge in [0.25, 0.3) is 5.91 Å². The lowest BCUT2D eigenvalue weighted by Gasteiger charge is -2.40. The Kier molecular flexibility index (Phi) is 17.1. The average Bonchev–Trinajstić information content (AvgIpc) is 3.61. The normalized spacial score (nSPS) is 20.6. The minimum atomic E-state index is -1.81. The van der Waals surface area contributed by atoms with E-state index in [4.69, 9.17) is 14.9 Å². The predicted octanol–water partition coefficient (Wildman–Crippen LogP) is -1.57. The Balaban J connectivity index is 1.40. The molecule has 21 heteroatoms. The first-order valence-electron chi connectivity index (χ1n) is 17.2. The average molecular weight is 768 g/mol. The van der Waals surface area contributed by atoms with Crippen LogP contribution in [0.25, 0.3) is 5.69 Å². The molecule has 0 aliphatic carbocycles. The molecule has 20 nitrogen and oxygen atoms in total. The maximum Gasteiger partial charge on any atom is 0.326 e. The number of nitrogens with one attached hydrogen (secondary N) is 4. The number of hydrogen-bond acceptors (Lipinski definition) is 12. The zero-order chi connectivity index (χ0) is 39.8. The highest BCUT2D eigenvalue weighted by Gasteiger charge is 2.46. The highest BCUT2D eigenvalue weighted by Crippen LogP contribution is 2.21. The Hall–Kier alpha value is -5.25. The fraction of sp³-hybridized carbons (Fsp3) is 0.576. The van der Waals surface area contributed by atoms with Crippen LogP contribution in [0, 0.1) is 0 Å². The summed E-state index contributed by atoms with van der Waals surface area (Å²) in [6.45, 7) is -0.764. The zero-order valence-corrected chi connectivity index (χ0v) is 29.2. The van der Waals surface area contributed by atoms with Crippen LogP contribution in [0.1, 0.15) is 56.2 Å². The van der Waals surface area contributed by atoms with Crippen molar-refractivity contribution in [2.24, 2.45) is 0 Å². The molecule has 0 spiro atoms. The molecule has 4 amide bonds. The van der Waals surface area contributed by atoms with Crippen molar-refractivity contribution in [3.8, 4) is 5.69 Å². The number of aromatic nitrogens is 3. The first-order valence-corrected chi connectivity index (χ1v) is 17.2. The van der Waals surface area contributed by atoms with E-state index >= 15 is 0 Å². The number of amides is 4. The van der Waals surface area contributed by atoms with E-state index in [2.05, 4.69) is 26.3 Å². The SMILES string of the molecule is O=C(O)CC[C@H](NC(=O)NC(CCCCNC(=O)[C@H]1O[C@@H](CNC(=O)CCc2ccc(-n3cc(CCCF)nn3)cc2)[C@H](O)[C@@H](O)[C@H]1O)C(=O)O)C(=O)O. The second-order valence-corrected chi connectivity index (χ2v) is 12.6. The number of aliphatic carboxylic acids is 3. The maximum atomic E-state index is 12.8. The third-order valence-electron chi connectivity index (χ3n) is 8.49. The number of unbranched alkanes of at least 4 members (excludes halogenated alkanes) is 1. The number of carbonyl (C=O) groups excluding carboxylic acids is 3. The van der Waals surface area contributed by atoms with Gasteiger partial charge in [-0.2, -0.15) is 0 Å². The van der Waals surface area contributed by atoms with Gasteiger partial charge in [-0.1, -0.05) is 17.3 Å². The summed E-state index contributed by atoms with van der Waals surface area (Å²) < 4.78 is 19.5. The summed E-state index contributed by atoms with van der Waals surface area (Å²) >= 11 is 0. The molecule has 0 saturated carbocycles. The van der Waals surface area contributed by atoms with Crippen molar-refractivity contribution in [2.75, 3.05) is 19.8 Å². The van der Waals surface area contributed by atoms with E-state index in [0.717, 1.165) is 11.3 Å². The number of halogens is 1. The number of alkyl halides is 1. The van der Waals surface area contributed by atoms with Gasteiger partial charge in [-0.15, -0.1) is 5.10 Å². The molecule has 1 aliphatic heterocycles. The molecule has 2 aromatic rings. The minimum Gasteiger partial charge on any atom is -0.481 e. The first-order chi connectivity index (χ1) is 25.7. The summed E-state index contributed by atoms with van der Waals surface area (Å²) in [4.78, 5) is 71.2. The van der Waals surface area contributed by atoms with E-state index in [1.807, 2.05) is 17.4 Å². The molecule has 1 aliphatic rings. The van der Waals surface area contributed by atoms with Crippen molar-refractivity contribution in [2.45, 2.75) is 100 Å². The van der Waals surface area contributed by atoms with Crippen LogP contribution in [0.2, 0.25) is 0 Å². The van der Waals surface area contributed by atoms with Crippen LogP contribution in [0.3, 0.4) is 0 Å². The van der Waals surface area contributed by atoms with Gasteiger partial charge < -0.3 is 56.6 Å². The number of urea groups is 1. The number of aliphatic hydroxyl groups is 3. The lowest BCUT2D eigenvalue weighted by Crippen LogP contribution is -2.63. The number of nitrogens with zero attached hydrogens (tertiary/aromatic N) is 3. The highest BCUT2D eigenvalue weighted by molar-refractivity contribution is 5.86. The van der Waals surface area contributed by atoms with Gasteiger partial charge in [0.15, 0.2) is 6.10 Å². The van der Waals surface area contributed by atoms with E-state index in [1.165, 1.54) is 0 Å². The van der Waals surface area contributed by atoms with Gasteiger partial charge in [0.2, 0.25) is 5.91 Å². The number of aryl methyl sites for hydroxylation is 2. The van der Waals surface area contributed by atoms with Crippen molar-refractivity contribution in [3.05, 3.63) is 41.7 Å². The summed E-state index contributed by atoms with van der Waals surface area (Å²) in [6, 6.07) is 3.10. The Morgan fingerprint density at radius 2 is 1.48 bits per heavy atom. The third kappa shape index (κ3) is 13.6. The van der Waals surface area contributed by atoms with Crippen LogP contribution in [-0.2, 0) is 41.6 Å². The van der Waals surface area contributed by atoms with Crippen molar-refractivity contribution in [3.63, 3.8) is 0 Å². The predicted molar refractivity (Wildman–Crippen MR) is 182 cm³/mol. The summed E-state index contributed by atoms with van der Waals surface area (Å²) in [5.74, 6) is -5.44. The van der Waals surface area contributed by atoms with Gasteiger partial charge in [0.05, 0.1) is 24.3 Å². The van der Waals surface area contributed by atoms with Crippen molar-refractivity contribution < 1.29 is 68.5 Å². The fourth-order valence-electron chi connectivity index (χ4n) is 5.43. The lowest BCUT2D eigenvalue weighted by atomic mass is 9.94. The number of carboxylic acid groups (broad SMARTS) is 3. The Morgan fingerprint density at radius 1 is 0.815 bits per heavy atom. The first kappa shape index (κ1) is 43.2. The quantitative estimate of drug-likeness (QED) is 0.0605. The molecule has 2 heterocycles. The van der Waals surface area contributed by atoms with E-state index in [-0.39, 0.29) is 38.8 Å². The summed E-state index contributed by atoms with van der Waals surface area (Å²) in [5.41, 5.74) is 2.25. The zero-order valence-electron chi connectivity index (χ0n) is 29.2. The second-order valence-electron chi connectivity index (χ2n) is 12.6. The molecule has 10 N–H and O–H groups in total. The molecule has 54 heavy (non-hydrogen) atoms. The summed E-state index contributed by atoms with van der Waals surface area (Å²) in [6.07, 6.45) is -5.85. The summed E-state index contributed by atoms with van der Waals surface area (Å²) in [7, 11) is 0. The molecule has 7 atom stereocenters. The van der Waals surface area contributed by atoms with E-state index in [1.54, 1.807) is 23.0 Å². The Labute approximate surface area is 308 Å².